The van der Waals surface area contributed by atoms with Gasteiger partial charge in [-0.3, -0.25) is 0 Å². The lowest BCUT2D eigenvalue weighted by molar-refractivity contribution is 0.183. The molecule has 4 nitrogen and oxygen atoms in total. The first-order valence-electron chi connectivity index (χ1n) is 10.3. The predicted molar refractivity (Wildman–Crippen MR) is 123 cm³/mol. The maximum atomic E-state index is 13.8. The molecule has 1 aromatic heterocycles. The first-order chi connectivity index (χ1) is 14.9. The molecule has 0 amide bonds. The molecular weight excluding hydrogens is 436 g/mol. The van der Waals surface area contributed by atoms with Crippen LogP contribution in [0.2, 0.25) is 10.0 Å². The average molecular weight is 460 g/mol. The van der Waals surface area contributed by atoms with Gasteiger partial charge in [0.1, 0.15) is 5.82 Å². The Morgan fingerprint density at radius 3 is 2.58 bits per heavy atom. The van der Waals surface area contributed by atoms with Gasteiger partial charge in [-0.1, -0.05) is 52.1 Å². The Morgan fingerprint density at radius 1 is 1.13 bits per heavy atom. The first kappa shape index (κ1) is 22.0. The van der Waals surface area contributed by atoms with Crippen molar-refractivity contribution in [3.05, 3.63) is 75.4 Å². The van der Waals surface area contributed by atoms with E-state index in [4.69, 9.17) is 27.7 Å². The second-order valence-corrected chi connectivity index (χ2v) is 8.95. The van der Waals surface area contributed by atoms with Crippen LogP contribution in [-0.2, 0) is 0 Å². The third kappa shape index (κ3) is 5.00. The summed E-state index contributed by atoms with van der Waals surface area (Å²) < 4.78 is 19.2. The van der Waals surface area contributed by atoms with E-state index in [-0.39, 0.29) is 11.9 Å². The number of allylic oxidation sites excluding steroid dienone is 1. The molecule has 1 unspecified atom stereocenters. The number of hydrogen-bond acceptors (Lipinski definition) is 4. The molecule has 1 fully saturated rings. The summed E-state index contributed by atoms with van der Waals surface area (Å²) in [7, 11) is 4.11. The third-order valence-corrected chi connectivity index (χ3v) is 6.65. The summed E-state index contributed by atoms with van der Waals surface area (Å²) >= 11 is 12.3. The van der Waals surface area contributed by atoms with Gasteiger partial charge >= 0.3 is 0 Å². The van der Waals surface area contributed by atoms with E-state index in [0.717, 1.165) is 31.2 Å². The van der Waals surface area contributed by atoms with Crippen molar-refractivity contribution < 1.29 is 8.91 Å². The van der Waals surface area contributed by atoms with E-state index in [9.17, 15) is 4.39 Å². The molecule has 1 aliphatic carbocycles. The van der Waals surface area contributed by atoms with Crippen LogP contribution in [0.5, 0.6) is 0 Å². The monoisotopic (exact) mass is 459 g/mol. The third-order valence-electron chi connectivity index (χ3n) is 5.83. The molecule has 162 valence electrons. The number of benzene rings is 2. The highest BCUT2D eigenvalue weighted by atomic mass is 35.5. The van der Waals surface area contributed by atoms with Gasteiger partial charge in [0.2, 0.25) is 5.82 Å². The lowest BCUT2D eigenvalue weighted by Gasteiger charge is -2.36. The van der Waals surface area contributed by atoms with Crippen molar-refractivity contribution in [2.45, 2.75) is 31.7 Å². The molecule has 1 saturated carbocycles. The molecule has 7 heteroatoms. The van der Waals surface area contributed by atoms with E-state index in [1.807, 2.05) is 18.2 Å². The summed E-state index contributed by atoms with van der Waals surface area (Å²) in [5.41, 5.74) is 2.96. The molecule has 1 atom stereocenters. The number of aromatic nitrogens is 2. The van der Waals surface area contributed by atoms with Crippen LogP contribution in [-0.4, -0.2) is 29.1 Å². The van der Waals surface area contributed by atoms with E-state index in [1.54, 1.807) is 24.3 Å². The zero-order valence-electron chi connectivity index (χ0n) is 17.5. The largest absolute Gasteiger partial charge is 0.334 e. The van der Waals surface area contributed by atoms with Gasteiger partial charge in [-0.15, -0.1) is 0 Å². The highest BCUT2D eigenvalue weighted by Crippen LogP contribution is 2.40. The van der Waals surface area contributed by atoms with E-state index in [0.29, 0.717) is 33.2 Å². The maximum absolute atomic E-state index is 13.8. The Bertz CT molecular complexity index is 1090. The van der Waals surface area contributed by atoms with Crippen molar-refractivity contribution in [2.24, 2.45) is 5.92 Å². The number of halogens is 3. The highest BCUT2D eigenvalue weighted by Gasteiger charge is 2.28. The lowest BCUT2D eigenvalue weighted by atomic mass is 9.78. The van der Waals surface area contributed by atoms with Gasteiger partial charge in [0.25, 0.3) is 5.89 Å². The summed E-state index contributed by atoms with van der Waals surface area (Å²) in [4.78, 5) is 6.66. The molecule has 2 aromatic carbocycles. The molecule has 1 heterocycles. The fourth-order valence-corrected chi connectivity index (χ4v) is 4.79. The van der Waals surface area contributed by atoms with E-state index >= 15 is 0 Å². The normalized spacial score (nSPS) is 17.7. The topological polar surface area (TPSA) is 42.2 Å². The van der Waals surface area contributed by atoms with Crippen LogP contribution < -0.4 is 0 Å². The molecule has 3 aromatic rings. The zero-order chi connectivity index (χ0) is 22.0. The molecule has 1 aliphatic rings. The van der Waals surface area contributed by atoms with Gasteiger partial charge in [0.05, 0.1) is 10.0 Å². The van der Waals surface area contributed by atoms with Crippen molar-refractivity contribution in [2.75, 3.05) is 14.1 Å². The molecule has 0 spiro atoms. The van der Waals surface area contributed by atoms with Gasteiger partial charge in [-0.2, -0.15) is 4.98 Å². The quantitative estimate of drug-likeness (QED) is 0.409. The summed E-state index contributed by atoms with van der Waals surface area (Å²) in [6.07, 6.45) is 5.90. The second-order valence-electron chi connectivity index (χ2n) is 8.16. The Balaban J connectivity index is 1.46. The summed E-state index contributed by atoms with van der Waals surface area (Å²) in [5.74, 6) is 1.16. The Hall–Kier alpha value is -2.21. The minimum atomic E-state index is -0.187. The van der Waals surface area contributed by atoms with Crippen molar-refractivity contribution in [3.8, 4) is 11.4 Å². The standard InChI is InChI=1S/C24H24Cl2FN3O/c1-30(2)23(17-5-3-6-18(27)14-17)16-11-9-15(10-12-16)13-21-28-24(29-31-21)19-7-4-8-20(25)22(19)26/h3-8,13-14,16,23H,9-12H2,1-2H3. The van der Waals surface area contributed by atoms with Crippen molar-refractivity contribution >= 4 is 29.3 Å². The smallest absolute Gasteiger partial charge is 0.250 e. The summed E-state index contributed by atoms with van der Waals surface area (Å²) in [5, 5.41) is 4.92. The molecular formula is C24H24Cl2FN3O. The minimum Gasteiger partial charge on any atom is -0.334 e. The van der Waals surface area contributed by atoms with Gasteiger partial charge in [-0.25, -0.2) is 4.39 Å². The van der Waals surface area contributed by atoms with Crippen molar-refractivity contribution in [3.63, 3.8) is 0 Å². The Kier molecular flexibility index (Phi) is 6.75. The van der Waals surface area contributed by atoms with Gasteiger partial charge in [0, 0.05) is 17.7 Å². The predicted octanol–water partition coefficient (Wildman–Crippen LogP) is 7.06. The fourth-order valence-electron chi connectivity index (χ4n) is 4.41. The van der Waals surface area contributed by atoms with E-state index < -0.39 is 0 Å². The SMILES string of the molecule is CN(C)C(c1cccc(F)c1)C1CCC(=Cc2nc(-c3cccc(Cl)c3Cl)no2)CC1. The summed E-state index contributed by atoms with van der Waals surface area (Å²) in [6, 6.07) is 12.5. The van der Waals surface area contributed by atoms with Gasteiger partial charge in [0.15, 0.2) is 0 Å². The Morgan fingerprint density at radius 2 is 1.87 bits per heavy atom. The van der Waals surface area contributed by atoms with Crippen LogP contribution in [0, 0.1) is 11.7 Å². The van der Waals surface area contributed by atoms with Crippen molar-refractivity contribution in [1.82, 2.24) is 15.0 Å². The molecule has 0 radical (unpaired) electrons. The van der Waals surface area contributed by atoms with Crippen molar-refractivity contribution in [1.29, 1.82) is 0 Å². The van der Waals surface area contributed by atoms with Gasteiger partial charge in [-0.05, 0) is 75.5 Å². The highest BCUT2D eigenvalue weighted by molar-refractivity contribution is 6.43. The molecule has 0 N–H and O–H groups in total. The number of nitrogens with zero attached hydrogens (tertiary/aromatic N) is 3. The van der Waals surface area contributed by atoms with Crippen LogP contribution in [0.25, 0.3) is 17.5 Å². The molecule has 4 rings (SSSR count). The number of hydrogen-bond donors (Lipinski definition) is 0. The molecule has 0 aliphatic heterocycles. The van der Waals surface area contributed by atoms with Gasteiger partial charge < -0.3 is 9.42 Å². The van der Waals surface area contributed by atoms with Crippen LogP contribution in [0.4, 0.5) is 4.39 Å². The van der Waals surface area contributed by atoms with Crippen LogP contribution in [0.15, 0.2) is 52.6 Å². The minimum absolute atomic E-state index is 0.187. The molecule has 31 heavy (non-hydrogen) atoms. The average Bonchev–Trinajstić information content (AvgIpc) is 3.19. The van der Waals surface area contributed by atoms with E-state index in [1.165, 1.54) is 11.6 Å². The molecule has 0 saturated heterocycles. The van der Waals surface area contributed by atoms with Crippen LogP contribution >= 0.6 is 23.2 Å². The first-order valence-corrected chi connectivity index (χ1v) is 11.1. The zero-order valence-corrected chi connectivity index (χ0v) is 19.0. The van der Waals surface area contributed by atoms with E-state index in [2.05, 4.69) is 29.1 Å². The molecule has 0 bridgehead atoms. The number of rotatable bonds is 5. The van der Waals surface area contributed by atoms with Crippen LogP contribution in [0.3, 0.4) is 0 Å². The maximum Gasteiger partial charge on any atom is 0.250 e. The lowest BCUT2D eigenvalue weighted by Crippen LogP contribution is -2.29. The second kappa shape index (κ2) is 9.51. The fraction of sp³-hybridized carbons (Fsp3) is 0.333. The Labute approximate surface area is 191 Å². The summed E-state index contributed by atoms with van der Waals surface area (Å²) in [6.45, 7) is 0. The van der Waals surface area contributed by atoms with Crippen LogP contribution in [0.1, 0.15) is 43.2 Å².